The number of para-hydroxylation sites is 1. The van der Waals surface area contributed by atoms with Crippen LogP contribution in [0.4, 0.5) is 5.69 Å². The highest BCUT2D eigenvalue weighted by molar-refractivity contribution is 7.89. The first-order chi connectivity index (χ1) is 12.8. The molecule has 0 bridgehead atoms. The van der Waals surface area contributed by atoms with Crippen molar-refractivity contribution < 1.29 is 22.7 Å². The molecular weight excluding hydrogens is 392 g/mol. The van der Waals surface area contributed by atoms with Gasteiger partial charge in [0.05, 0.1) is 22.8 Å². The van der Waals surface area contributed by atoms with E-state index in [0.29, 0.717) is 10.7 Å². The highest BCUT2D eigenvalue weighted by Crippen LogP contribution is 2.17. The lowest BCUT2D eigenvalue weighted by atomic mass is 10.1. The quantitative estimate of drug-likeness (QED) is 0.651. The Balaban J connectivity index is 1.93. The Labute approximate surface area is 162 Å². The number of ether oxygens (including phenoxy) is 1. The van der Waals surface area contributed by atoms with Gasteiger partial charge in [-0.3, -0.25) is 4.79 Å². The van der Waals surface area contributed by atoms with Crippen LogP contribution >= 0.6 is 11.6 Å². The molecule has 2 aromatic carbocycles. The fourth-order valence-corrected chi connectivity index (χ4v) is 3.35. The van der Waals surface area contributed by atoms with Crippen LogP contribution in [-0.4, -0.2) is 33.4 Å². The lowest BCUT2D eigenvalue weighted by molar-refractivity contribution is -0.116. The van der Waals surface area contributed by atoms with E-state index in [1.807, 2.05) is 0 Å². The van der Waals surface area contributed by atoms with E-state index in [0.717, 1.165) is 0 Å². The van der Waals surface area contributed by atoms with Crippen molar-refractivity contribution in [3.05, 3.63) is 59.1 Å². The Kier molecular flexibility index (Phi) is 7.35. The first-order valence-corrected chi connectivity index (χ1v) is 10.0. The van der Waals surface area contributed by atoms with Crippen LogP contribution in [0.3, 0.4) is 0 Å². The Morgan fingerprint density at radius 1 is 1.07 bits per heavy atom. The first-order valence-electron chi connectivity index (χ1n) is 8.14. The molecule has 27 heavy (non-hydrogen) atoms. The van der Waals surface area contributed by atoms with Gasteiger partial charge in [0.2, 0.25) is 15.9 Å². The summed E-state index contributed by atoms with van der Waals surface area (Å²) in [5.41, 5.74) is 0.538. The molecule has 144 valence electrons. The normalized spacial score (nSPS) is 11.0. The molecule has 0 aliphatic rings. The van der Waals surface area contributed by atoms with E-state index >= 15 is 0 Å². The molecule has 0 aliphatic carbocycles. The minimum atomic E-state index is -3.74. The fourth-order valence-electron chi connectivity index (χ4n) is 2.19. The van der Waals surface area contributed by atoms with Crippen LogP contribution in [0, 0.1) is 0 Å². The standard InChI is InChI=1S/C18H19ClN2O5S/c1-2-26-18(23)15-5-3-4-6-16(15)21-17(22)11-12-20-27(24,25)14-9-7-13(19)8-10-14/h3-10,20H,2,11-12H2,1H3,(H,21,22). The molecule has 2 aromatic rings. The maximum Gasteiger partial charge on any atom is 0.340 e. The fraction of sp³-hybridized carbons (Fsp3) is 0.222. The predicted octanol–water partition coefficient (Wildman–Crippen LogP) is 2.82. The summed E-state index contributed by atoms with van der Waals surface area (Å²) in [7, 11) is -3.74. The second-order valence-corrected chi connectivity index (χ2v) is 7.62. The minimum Gasteiger partial charge on any atom is -0.462 e. The van der Waals surface area contributed by atoms with Gasteiger partial charge in [0.25, 0.3) is 0 Å². The zero-order chi connectivity index (χ0) is 19.9. The number of carbonyl (C=O) groups excluding carboxylic acids is 2. The zero-order valence-corrected chi connectivity index (χ0v) is 16.1. The number of esters is 1. The Bertz CT molecular complexity index is 914. The molecule has 0 aliphatic heterocycles. The number of hydrogen-bond acceptors (Lipinski definition) is 5. The Hall–Kier alpha value is -2.42. The molecule has 0 spiro atoms. The maximum atomic E-state index is 12.2. The summed E-state index contributed by atoms with van der Waals surface area (Å²) in [6, 6.07) is 12.1. The van der Waals surface area contributed by atoms with Crippen molar-refractivity contribution in [3.63, 3.8) is 0 Å². The lowest BCUT2D eigenvalue weighted by Crippen LogP contribution is -2.28. The van der Waals surface area contributed by atoms with E-state index in [1.165, 1.54) is 30.3 Å². The number of sulfonamides is 1. The monoisotopic (exact) mass is 410 g/mol. The summed E-state index contributed by atoms with van der Waals surface area (Å²) in [5, 5.41) is 3.02. The molecule has 0 aromatic heterocycles. The maximum absolute atomic E-state index is 12.2. The van der Waals surface area contributed by atoms with Crippen molar-refractivity contribution in [1.29, 1.82) is 0 Å². The summed E-state index contributed by atoms with van der Waals surface area (Å²) >= 11 is 5.74. The second-order valence-electron chi connectivity index (χ2n) is 5.42. The number of halogens is 1. The number of rotatable bonds is 8. The van der Waals surface area contributed by atoms with E-state index in [-0.39, 0.29) is 30.0 Å². The number of carbonyl (C=O) groups is 2. The lowest BCUT2D eigenvalue weighted by Gasteiger charge is -2.11. The highest BCUT2D eigenvalue weighted by Gasteiger charge is 2.16. The van der Waals surface area contributed by atoms with Crippen molar-refractivity contribution in [3.8, 4) is 0 Å². The molecule has 0 heterocycles. The topological polar surface area (TPSA) is 102 Å². The second kappa shape index (κ2) is 9.50. The molecule has 0 saturated heterocycles. The molecule has 9 heteroatoms. The van der Waals surface area contributed by atoms with E-state index in [1.54, 1.807) is 25.1 Å². The molecule has 7 nitrogen and oxygen atoms in total. The number of amides is 1. The van der Waals surface area contributed by atoms with Crippen LogP contribution in [0.1, 0.15) is 23.7 Å². The van der Waals surface area contributed by atoms with Crippen molar-refractivity contribution in [2.24, 2.45) is 0 Å². The Morgan fingerprint density at radius 3 is 2.41 bits per heavy atom. The smallest absolute Gasteiger partial charge is 0.340 e. The Morgan fingerprint density at radius 2 is 1.74 bits per heavy atom. The molecule has 0 radical (unpaired) electrons. The summed E-state index contributed by atoms with van der Waals surface area (Å²) in [6.45, 7) is 1.80. The third-order valence-corrected chi connectivity index (χ3v) is 5.19. The van der Waals surface area contributed by atoms with E-state index in [4.69, 9.17) is 16.3 Å². The molecule has 2 rings (SSSR count). The van der Waals surface area contributed by atoms with Gasteiger partial charge in [0.1, 0.15) is 0 Å². The van der Waals surface area contributed by atoms with Crippen molar-refractivity contribution in [1.82, 2.24) is 4.72 Å². The summed E-state index contributed by atoms with van der Waals surface area (Å²) in [6.07, 6.45) is -0.107. The summed E-state index contributed by atoms with van der Waals surface area (Å²) in [4.78, 5) is 24.1. The van der Waals surface area contributed by atoms with Crippen molar-refractivity contribution in [2.45, 2.75) is 18.2 Å². The number of anilines is 1. The summed E-state index contributed by atoms with van der Waals surface area (Å²) in [5.74, 6) is -0.984. The van der Waals surface area contributed by atoms with Crippen LogP contribution in [0.5, 0.6) is 0 Å². The average Bonchev–Trinajstić information content (AvgIpc) is 2.62. The minimum absolute atomic E-state index is 0.0555. The SMILES string of the molecule is CCOC(=O)c1ccccc1NC(=O)CCNS(=O)(=O)c1ccc(Cl)cc1. The van der Waals surface area contributed by atoms with Gasteiger partial charge in [-0.25, -0.2) is 17.9 Å². The number of nitrogens with one attached hydrogen (secondary N) is 2. The van der Waals surface area contributed by atoms with Gasteiger partial charge < -0.3 is 10.1 Å². The number of hydrogen-bond donors (Lipinski definition) is 2. The van der Waals surface area contributed by atoms with Gasteiger partial charge in [-0.1, -0.05) is 23.7 Å². The zero-order valence-electron chi connectivity index (χ0n) is 14.6. The molecule has 1 amide bonds. The van der Waals surface area contributed by atoms with Crippen molar-refractivity contribution in [2.75, 3.05) is 18.5 Å². The average molecular weight is 411 g/mol. The largest absolute Gasteiger partial charge is 0.462 e. The molecular formula is C18H19ClN2O5S. The highest BCUT2D eigenvalue weighted by atomic mass is 35.5. The van der Waals surface area contributed by atoms with Crippen LogP contribution in [-0.2, 0) is 19.6 Å². The van der Waals surface area contributed by atoms with E-state index < -0.39 is 21.9 Å². The van der Waals surface area contributed by atoms with Crippen LogP contribution in [0.15, 0.2) is 53.4 Å². The molecule has 2 N–H and O–H groups in total. The van der Waals surface area contributed by atoms with Gasteiger partial charge in [0.15, 0.2) is 0 Å². The predicted molar refractivity (Wildman–Crippen MR) is 102 cm³/mol. The van der Waals surface area contributed by atoms with Gasteiger partial charge >= 0.3 is 5.97 Å². The van der Waals surface area contributed by atoms with E-state index in [9.17, 15) is 18.0 Å². The first kappa shape index (κ1) is 20.9. The molecule has 0 atom stereocenters. The summed E-state index contributed by atoms with van der Waals surface area (Å²) < 4.78 is 31.6. The molecule has 0 fully saturated rings. The van der Waals surface area contributed by atoms with Gasteiger partial charge in [-0.05, 0) is 43.3 Å². The third kappa shape index (κ3) is 6.06. The number of benzene rings is 2. The third-order valence-electron chi connectivity index (χ3n) is 3.46. The van der Waals surface area contributed by atoms with Gasteiger partial charge in [-0.2, -0.15) is 0 Å². The van der Waals surface area contributed by atoms with E-state index in [2.05, 4.69) is 10.0 Å². The van der Waals surface area contributed by atoms with Gasteiger partial charge in [-0.15, -0.1) is 0 Å². The van der Waals surface area contributed by atoms with Crippen molar-refractivity contribution >= 4 is 39.2 Å². The molecule has 0 saturated carbocycles. The molecule has 0 unspecified atom stereocenters. The van der Waals surface area contributed by atoms with Gasteiger partial charge in [0, 0.05) is 18.0 Å². The van der Waals surface area contributed by atoms with Crippen LogP contribution in [0.25, 0.3) is 0 Å². The van der Waals surface area contributed by atoms with Crippen LogP contribution in [0.2, 0.25) is 5.02 Å². The van der Waals surface area contributed by atoms with Crippen LogP contribution < -0.4 is 10.0 Å².